The molecular formula is C24H29N3O2. The van der Waals surface area contributed by atoms with Crippen LogP contribution in [0.4, 0.5) is 0 Å². The third kappa shape index (κ3) is 4.21. The van der Waals surface area contributed by atoms with E-state index in [0.717, 1.165) is 61.0 Å². The number of methoxy groups -OCH3 is 2. The molecule has 1 aromatic heterocycles. The molecule has 0 N–H and O–H groups in total. The molecule has 152 valence electrons. The maximum absolute atomic E-state index is 5.54. The number of ether oxygens (including phenoxy) is 2. The molecule has 4 rings (SSSR count). The van der Waals surface area contributed by atoms with Crippen molar-refractivity contribution < 1.29 is 9.47 Å². The molecule has 0 aliphatic carbocycles. The van der Waals surface area contributed by atoms with E-state index in [0.29, 0.717) is 0 Å². The van der Waals surface area contributed by atoms with Crippen LogP contribution < -0.4 is 9.47 Å². The summed E-state index contributed by atoms with van der Waals surface area (Å²) < 4.78 is 11.0. The Kier molecular flexibility index (Phi) is 5.69. The largest absolute Gasteiger partial charge is 0.493 e. The lowest BCUT2D eigenvalue weighted by atomic mass is 10.0. The van der Waals surface area contributed by atoms with Crippen LogP contribution in [-0.2, 0) is 6.54 Å². The first kappa shape index (κ1) is 19.7. The molecule has 0 bridgehead atoms. The SMILES string of the molecule is COc1ccc(-c2nc3cc(C)ccc3cc2CN2CCN(C)CC2)cc1OC. The lowest BCUT2D eigenvalue weighted by Crippen LogP contribution is -2.43. The van der Waals surface area contributed by atoms with Gasteiger partial charge in [-0.15, -0.1) is 0 Å². The summed E-state index contributed by atoms with van der Waals surface area (Å²) in [6.45, 7) is 7.36. The molecule has 0 spiro atoms. The van der Waals surface area contributed by atoms with Crippen molar-refractivity contribution in [2.75, 3.05) is 47.4 Å². The zero-order valence-corrected chi connectivity index (χ0v) is 17.7. The van der Waals surface area contributed by atoms with Gasteiger partial charge in [-0.3, -0.25) is 4.90 Å². The predicted octanol–water partition coefficient (Wildman–Crippen LogP) is 3.97. The van der Waals surface area contributed by atoms with E-state index in [-0.39, 0.29) is 0 Å². The van der Waals surface area contributed by atoms with Gasteiger partial charge in [0.15, 0.2) is 11.5 Å². The van der Waals surface area contributed by atoms with Crippen molar-refractivity contribution in [2.24, 2.45) is 0 Å². The molecule has 5 heteroatoms. The van der Waals surface area contributed by atoms with E-state index in [9.17, 15) is 0 Å². The van der Waals surface area contributed by atoms with Gasteiger partial charge in [0.1, 0.15) is 0 Å². The van der Waals surface area contributed by atoms with Crippen LogP contribution in [0, 0.1) is 6.92 Å². The summed E-state index contributed by atoms with van der Waals surface area (Å²) >= 11 is 0. The summed E-state index contributed by atoms with van der Waals surface area (Å²) in [6, 6.07) is 14.8. The number of benzene rings is 2. The molecule has 0 saturated carbocycles. The first-order chi connectivity index (χ1) is 14.1. The third-order valence-electron chi connectivity index (χ3n) is 5.70. The first-order valence-corrected chi connectivity index (χ1v) is 10.1. The predicted molar refractivity (Wildman–Crippen MR) is 118 cm³/mol. The Hall–Kier alpha value is -2.63. The van der Waals surface area contributed by atoms with Crippen molar-refractivity contribution in [1.82, 2.24) is 14.8 Å². The van der Waals surface area contributed by atoms with Crippen LogP contribution in [0.1, 0.15) is 11.1 Å². The van der Waals surface area contributed by atoms with Crippen molar-refractivity contribution in [1.29, 1.82) is 0 Å². The van der Waals surface area contributed by atoms with Crippen molar-refractivity contribution in [3.8, 4) is 22.8 Å². The average Bonchev–Trinajstić information content (AvgIpc) is 2.74. The third-order valence-corrected chi connectivity index (χ3v) is 5.70. The van der Waals surface area contributed by atoms with E-state index < -0.39 is 0 Å². The maximum Gasteiger partial charge on any atom is 0.161 e. The number of nitrogens with zero attached hydrogens (tertiary/aromatic N) is 3. The van der Waals surface area contributed by atoms with Crippen molar-refractivity contribution in [3.05, 3.63) is 53.6 Å². The molecule has 2 aromatic carbocycles. The molecule has 0 amide bonds. The number of hydrogen-bond donors (Lipinski definition) is 0. The molecule has 0 radical (unpaired) electrons. The Balaban J connectivity index is 1.79. The Morgan fingerprint density at radius 3 is 2.38 bits per heavy atom. The highest BCUT2D eigenvalue weighted by Crippen LogP contribution is 2.34. The highest BCUT2D eigenvalue weighted by molar-refractivity contribution is 5.84. The first-order valence-electron chi connectivity index (χ1n) is 10.1. The molecule has 1 saturated heterocycles. The summed E-state index contributed by atoms with van der Waals surface area (Å²) in [5.41, 5.74) is 5.56. The molecule has 29 heavy (non-hydrogen) atoms. The number of aryl methyl sites for hydroxylation is 1. The van der Waals surface area contributed by atoms with E-state index in [2.05, 4.69) is 54.1 Å². The lowest BCUT2D eigenvalue weighted by Gasteiger charge is -2.32. The fraction of sp³-hybridized carbons (Fsp3) is 0.375. The number of piperazine rings is 1. The zero-order chi connectivity index (χ0) is 20.4. The summed E-state index contributed by atoms with van der Waals surface area (Å²) in [6.07, 6.45) is 0. The molecule has 3 aromatic rings. The molecule has 0 atom stereocenters. The van der Waals surface area contributed by atoms with Crippen LogP contribution in [0.25, 0.3) is 22.2 Å². The number of fused-ring (bicyclic) bond motifs is 1. The molecular weight excluding hydrogens is 362 g/mol. The van der Waals surface area contributed by atoms with Crippen LogP contribution in [0.3, 0.4) is 0 Å². The van der Waals surface area contributed by atoms with Gasteiger partial charge in [-0.2, -0.15) is 0 Å². The van der Waals surface area contributed by atoms with Crippen LogP contribution >= 0.6 is 0 Å². The number of hydrogen-bond acceptors (Lipinski definition) is 5. The van der Waals surface area contributed by atoms with Gasteiger partial charge in [-0.1, -0.05) is 12.1 Å². The van der Waals surface area contributed by atoms with Crippen molar-refractivity contribution in [3.63, 3.8) is 0 Å². The van der Waals surface area contributed by atoms with Gasteiger partial charge in [0, 0.05) is 43.7 Å². The van der Waals surface area contributed by atoms with Gasteiger partial charge in [0.05, 0.1) is 25.4 Å². The Bertz CT molecular complexity index is 1010. The molecule has 2 heterocycles. The van der Waals surface area contributed by atoms with E-state index in [1.807, 2.05) is 12.1 Å². The minimum Gasteiger partial charge on any atom is -0.493 e. The normalized spacial score (nSPS) is 15.6. The summed E-state index contributed by atoms with van der Waals surface area (Å²) in [5, 5.41) is 1.18. The van der Waals surface area contributed by atoms with Crippen LogP contribution in [-0.4, -0.2) is 62.2 Å². The number of aromatic nitrogens is 1. The fourth-order valence-corrected chi connectivity index (χ4v) is 3.92. The Morgan fingerprint density at radius 1 is 0.897 bits per heavy atom. The minimum atomic E-state index is 0.724. The van der Waals surface area contributed by atoms with Gasteiger partial charge in [0.25, 0.3) is 0 Å². The molecule has 5 nitrogen and oxygen atoms in total. The van der Waals surface area contributed by atoms with Gasteiger partial charge in [-0.05, 0) is 55.4 Å². The smallest absolute Gasteiger partial charge is 0.161 e. The van der Waals surface area contributed by atoms with Crippen LogP contribution in [0.5, 0.6) is 11.5 Å². The van der Waals surface area contributed by atoms with Gasteiger partial charge >= 0.3 is 0 Å². The molecule has 0 unspecified atom stereocenters. The standard InChI is InChI=1S/C24H29N3O2/c1-17-5-6-18-14-20(16-27-11-9-26(2)10-12-27)24(25-21(18)13-17)19-7-8-22(28-3)23(15-19)29-4/h5-8,13-15H,9-12,16H2,1-4H3. The summed E-state index contributed by atoms with van der Waals surface area (Å²) in [4.78, 5) is 9.98. The van der Waals surface area contributed by atoms with E-state index in [1.54, 1.807) is 14.2 Å². The molecule has 1 fully saturated rings. The topological polar surface area (TPSA) is 37.8 Å². The monoisotopic (exact) mass is 391 g/mol. The fourth-order valence-electron chi connectivity index (χ4n) is 3.92. The second-order valence-electron chi connectivity index (χ2n) is 7.84. The van der Waals surface area contributed by atoms with E-state index in [4.69, 9.17) is 14.5 Å². The Morgan fingerprint density at radius 2 is 1.66 bits per heavy atom. The second kappa shape index (κ2) is 8.39. The molecule has 1 aliphatic heterocycles. The van der Waals surface area contributed by atoms with Crippen molar-refractivity contribution >= 4 is 10.9 Å². The van der Waals surface area contributed by atoms with E-state index in [1.165, 1.54) is 16.5 Å². The van der Waals surface area contributed by atoms with E-state index >= 15 is 0 Å². The Labute approximate surface area is 172 Å². The lowest BCUT2D eigenvalue weighted by molar-refractivity contribution is 0.148. The van der Waals surface area contributed by atoms with Crippen LogP contribution in [0.15, 0.2) is 42.5 Å². The maximum atomic E-state index is 5.54. The highest BCUT2D eigenvalue weighted by atomic mass is 16.5. The number of pyridine rings is 1. The quantitative estimate of drug-likeness (QED) is 0.658. The summed E-state index contributed by atoms with van der Waals surface area (Å²) in [7, 11) is 5.52. The van der Waals surface area contributed by atoms with Gasteiger partial charge in [0.2, 0.25) is 0 Å². The number of rotatable bonds is 5. The molecule has 1 aliphatic rings. The van der Waals surface area contributed by atoms with Crippen molar-refractivity contribution in [2.45, 2.75) is 13.5 Å². The minimum absolute atomic E-state index is 0.724. The van der Waals surface area contributed by atoms with Gasteiger partial charge < -0.3 is 14.4 Å². The number of likely N-dealkylation sites (N-methyl/N-ethyl adjacent to an activating group) is 1. The highest BCUT2D eigenvalue weighted by Gasteiger charge is 2.18. The van der Waals surface area contributed by atoms with Gasteiger partial charge in [-0.25, -0.2) is 4.98 Å². The average molecular weight is 392 g/mol. The summed E-state index contributed by atoms with van der Waals surface area (Å²) in [5.74, 6) is 1.45. The van der Waals surface area contributed by atoms with Crippen LogP contribution in [0.2, 0.25) is 0 Å². The zero-order valence-electron chi connectivity index (χ0n) is 17.7. The second-order valence-corrected chi connectivity index (χ2v) is 7.84.